The number of aliphatic hydroxyl groups excluding tert-OH is 1. The summed E-state index contributed by atoms with van der Waals surface area (Å²) in [5, 5.41) is 13.2. The maximum atomic E-state index is 9.93. The number of hydrogen-bond acceptors (Lipinski definition) is 7. The molecule has 31 heavy (non-hydrogen) atoms. The Morgan fingerprint density at radius 3 is 2.71 bits per heavy atom. The number of anilines is 4. The molecule has 4 rings (SSSR count). The van der Waals surface area contributed by atoms with E-state index in [1.54, 1.807) is 6.20 Å². The fraction of sp³-hybridized carbons (Fsp3) is 0.333. The normalized spacial score (nSPS) is 16.3. The van der Waals surface area contributed by atoms with E-state index >= 15 is 0 Å². The van der Waals surface area contributed by atoms with Gasteiger partial charge in [-0.05, 0) is 69.4 Å². The van der Waals surface area contributed by atoms with Gasteiger partial charge in [0.25, 0.3) is 0 Å². The maximum Gasteiger partial charge on any atom is 0.229 e. The highest BCUT2D eigenvalue weighted by Gasteiger charge is 2.27. The van der Waals surface area contributed by atoms with E-state index in [-0.39, 0.29) is 6.61 Å². The number of hydrogen-bond donors (Lipinski definition) is 2. The quantitative estimate of drug-likeness (QED) is 0.578. The molecule has 162 valence electrons. The van der Waals surface area contributed by atoms with Gasteiger partial charge in [-0.2, -0.15) is 4.98 Å². The lowest BCUT2D eigenvalue weighted by Crippen LogP contribution is -2.30. The van der Waals surface area contributed by atoms with Crippen LogP contribution in [-0.4, -0.2) is 59.4 Å². The topological polar surface area (TPSA) is 73.8 Å². The van der Waals surface area contributed by atoms with E-state index in [0.29, 0.717) is 24.3 Å². The van der Waals surface area contributed by atoms with Crippen LogP contribution in [0.3, 0.4) is 0 Å². The fourth-order valence-corrected chi connectivity index (χ4v) is 3.89. The van der Waals surface area contributed by atoms with Crippen molar-refractivity contribution in [3.63, 3.8) is 0 Å². The number of nitrogens with zero attached hydrogens (tertiary/aromatic N) is 4. The Morgan fingerprint density at radius 2 is 1.94 bits per heavy atom. The smallest absolute Gasteiger partial charge is 0.229 e. The number of fused-ring (bicyclic) bond motifs is 1. The van der Waals surface area contributed by atoms with Crippen LogP contribution >= 0.6 is 0 Å². The third kappa shape index (κ3) is 5.13. The third-order valence-electron chi connectivity index (χ3n) is 5.22. The van der Waals surface area contributed by atoms with Gasteiger partial charge in [0.2, 0.25) is 5.95 Å². The molecular weight excluding hydrogens is 390 g/mol. The van der Waals surface area contributed by atoms with Crippen LogP contribution < -0.4 is 15.0 Å². The van der Waals surface area contributed by atoms with Crippen molar-refractivity contribution < 1.29 is 9.84 Å². The number of aliphatic hydroxyl groups is 1. The van der Waals surface area contributed by atoms with Crippen molar-refractivity contribution in [3.8, 4) is 5.75 Å². The maximum absolute atomic E-state index is 9.93. The molecule has 1 aromatic heterocycles. The first-order chi connectivity index (χ1) is 15.0. The summed E-state index contributed by atoms with van der Waals surface area (Å²) in [5.41, 5.74) is 3.42. The molecule has 2 atom stereocenters. The van der Waals surface area contributed by atoms with Crippen LogP contribution in [0.25, 0.3) is 0 Å². The first kappa shape index (κ1) is 21.1. The summed E-state index contributed by atoms with van der Waals surface area (Å²) in [6.07, 6.45) is 2.26. The number of aromatic nitrogens is 2. The number of likely N-dealkylation sites (N-methyl/N-ethyl adjacent to an activating group) is 1. The zero-order valence-electron chi connectivity index (χ0n) is 18.2. The van der Waals surface area contributed by atoms with E-state index in [2.05, 4.69) is 46.4 Å². The van der Waals surface area contributed by atoms with Crippen molar-refractivity contribution in [2.75, 3.05) is 37.5 Å². The van der Waals surface area contributed by atoms with Crippen molar-refractivity contribution in [3.05, 3.63) is 66.4 Å². The first-order valence-electron chi connectivity index (χ1n) is 10.5. The molecule has 0 radical (unpaired) electrons. The summed E-state index contributed by atoms with van der Waals surface area (Å²) >= 11 is 0. The van der Waals surface area contributed by atoms with Gasteiger partial charge in [0, 0.05) is 30.2 Å². The zero-order valence-corrected chi connectivity index (χ0v) is 18.2. The highest BCUT2D eigenvalue weighted by atomic mass is 16.5. The highest BCUT2D eigenvalue weighted by Crippen LogP contribution is 2.37. The number of rotatable bonds is 8. The van der Waals surface area contributed by atoms with Gasteiger partial charge in [0.15, 0.2) is 0 Å². The lowest BCUT2D eigenvalue weighted by Gasteiger charge is -2.24. The Labute approximate surface area is 183 Å². The van der Waals surface area contributed by atoms with E-state index in [0.717, 1.165) is 17.9 Å². The SMILES string of the molecule is CC1Cc2ccccc2N1c1ccnc(Nc2ccc(OCC(O)CN(C)C)cc2)n1. The molecular formula is C24H29N5O2. The number of nitrogens with one attached hydrogen (secondary N) is 1. The Bertz CT molecular complexity index is 1010. The predicted molar refractivity (Wildman–Crippen MR) is 124 cm³/mol. The highest BCUT2D eigenvalue weighted by molar-refractivity contribution is 5.69. The molecule has 0 amide bonds. The molecule has 7 nitrogen and oxygen atoms in total. The molecule has 0 spiro atoms. The van der Waals surface area contributed by atoms with Crippen molar-refractivity contribution in [1.82, 2.24) is 14.9 Å². The molecule has 0 fully saturated rings. The molecule has 7 heteroatoms. The fourth-order valence-electron chi connectivity index (χ4n) is 3.89. The van der Waals surface area contributed by atoms with Crippen molar-refractivity contribution in [1.29, 1.82) is 0 Å². The van der Waals surface area contributed by atoms with Gasteiger partial charge in [-0.15, -0.1) is 0 Å². The van der Waals surface area contributed by atoms with Gasteiger partial charge in [-0.3, -0.25) is 0 Å². The molecule has 0 saturated heterocycles. The summed E-state index contributed by atoms with van der Waals surface area (Å²) in [7, 11) is 3.84. The molecule has 0 saturated carbocycles. The van der Waals surface area contributed by atoms with Crippen molar-refractivity contribution in [2.45, 2.75) is 25.5 Å². The first-order valence-corrected chi connectivity index (χ1v) is 10.5. The largest absolute Gasteiger partial charge is 0.491 e. The number of ether oxygens (including phenoxy) is 1. The summed E-state index contributed by atoms with van der Waals surface area (Å²) in [6, 6.07) is 18.3. The molecule has 2 heterocycles. The standard InChI is InChI=1S/C24H29N5O2/c1-17-14-18-6-4-5-7-22(18)29(17)23-12-13-25-24(27-23)26-19-8-10-21(11-9-19)31-16-20(30)15-28(2)3/h4-13,17,20,30H,14-16H2,1-3H3,(H,25,26,27). The van der Waals surface area contributed by atoms with Crippen LogP contribution in [0, 0.1) is 0 Å². The van der Waals surface area contributed by atoms with Crippen LogP contribution in [0.4, 0.5) is 23.1 Å². The molecule has 1 aliphatic heterocycles. The minimum Gasteiger partial charge on any atom is -0.491 e. The second-order valence-corrected chi connectivity index (χ2v) is 8.17. The van der Waals surface area contributed by atoms with Crippen LogP contribution in [0.2, 0.25) is 0 Å². The van der Waals surface area contributed by atoms with E-state index in [1.807, 2.05) is 49.3 Å². The van der Waals surface area contributed by atoms with Gasteiger partial charge in [0.05, 0.1) is 0 Å². The summed E-state index contributed by atoms with van der Waals surface area (Å²) in [6.45, 7) is 3.03. The number of benzene rings is 2. The van der Waals surface area contributed by atoms with Gasteiger partial charge in [0.1, 0.15) is 24.3 Å². The molecule has 2 N–H and O–H groups in total. The summed E-state index contributed by atoms with van der Waals surface area (Å²) in [4.78, 5) is 13.3. The summed E-state index contributed by atoms with van der Waals surface area (Å²) < 4.78 is 5.66. The van der Waals surface area contributed by atoms with Crippen molar-refractivity contribution in [2.24, 2.45) is 0 Å². The van der Waals surface area contributed by atoms with Crippen LogP contribution in [0.15, 0.2) is 60.8 Å². The van der Waals surface area contributed by atoms with E-state index in [9.17, 15) is 5.11 Å². The van der Waals surface area contributed by atoms with Crippen LogP contribution in [0.5, 0.6) is 5.75 Å². The number of para-hydroxylation sites is 1. The Balaban J connectivity index is 1.42. The second kappa shape index (κ2) is 9.32. The van der Waals surface area contributed by atoms with Crippen molar-refractivity contribution >= 4 is 23.1 Å². The molecule has 2 aromatic carbocycles. The zero-order chi connectivity index (χ0) is 21.8. The predicted octanol–water partition coefficient (Wildman–Crippen LogP) is 3.60. The van der Waals surface area contributed by atoms with E-state index < -0.39 is 6.10 Å². The van der Waals surface area contributed by atoms with Gasteiger partial charge < -0.3 is 25.0 Å². The summed E-state index contributed by atoms with van der Waals surface area (Å²) in [5.74, 6) is 2.13. The van der Waals surface area contributed by atoms with Gasteiger partial charge in [-0.25, -0.2) is 4.98 Å². The molecule has 2 unspecified atom stereocenters. The minimum atomic E-state index is -0.526. The molecule has 3 aromatic rings. The van der Waals surface area contributed by atoms with E-state index in [1.165, 1.54) is 11.3 Å². The van der Waals surface area contributed by atoms with Gasteiger partial charge in [-0.1, -0.05) is 18.2 Å². The molecule has 0 aliphatic carbocycles. The Morgan fingerprint density at radius 1 is 1.16 bits per heavy atom. The Hall–Kier alpha value is -3.16. The van der Waals surface area contributed by atoms with Gasteiger partial charge >= 0.3 is 0 Å². The third-order valence-corrected chi connectivity index (χ3v) is 5.22. The van der Waals surface area contributed by atoms with Crippen LogP contribution in [0.1, 0.15) is 12.5 Å². The minimum absolute atomic E-state index is 0.256. The monoisotopic (exact) mass is 419 g/mol. The lowest BCUT2D eigenvalue weighted by atomic mass is 10.1. The molecule has 0 bridgehead atoms. The second-order valence-electron chi connectivity index (χ2n) is 8.17. The lowest BCUT2D eigenvalue weighted by molar-refractivity contribution is 0.0831. The molecule has 1 aliphatic rings. The Kier molecular flexibility index (Phi) is 6.34. The average molecular weight is 420 g/mol. The van der Waals surface area contributed by atoms with Crippen LogP contribution in [-0.2, 0) is 6.42 Å². The average Bonchev–Trinajstić information content (AvgIpc) is 3.08. The van der Waals surface area contributed by atoms with E-state index in [4.69, 9.17) is 9.72 Å².